The largest absolute Gasteiger partial charge is 0.427 e. The zero-order valence-electron chi connectivity index (χ0n) is 20.9. The Balaban J connectivity index is 1.89. The first-order chi connectivity index (χ1) is 17.3. The molecule has 0 N–H and O–H groups in total. The molecule has 182 valence electrons. The summed E-state index contributed by atoms with van der Waals surface area (Å²) in [5.41, 5.74) is 5.55. The summed E-state index contributed by atoms with van der Waals surface area (Å²) < 4.78 is 6.94. The van der Waals surface area contributed by atoms with Gasteiger partial charge in [0.1, 0.15) is 18.0 Å². The molecule has 0 saturated heterocycles. The van der Waals surface area contributed by atoms with Crippen molar-refractivity contribution >= 4 is 5.97 Å². The number of benzene rings is 1. The molecule has 3 heterocycles. The number of carbonyl (C=O) groups is 1. The van der Waals surface area contributed by atoms with E-state index in [2.05, 4.69) is 24.9 Å². The zero-order chi connectivity index (χ0) is 25.7. The van der Waals surface area contributed by atoms with Crippen LogP contribution in [0.4, 0.5) is 0 Å². The first-order valence-corrected chi connectivity index (χ1v) is 11.9. The van der Waals surface area contributed by atoms with Gasteiger partial charge in [0.05, 0.1) is 11.8 Å². The quantitative estimate of drug-likeness (QED) is 0.245. The summed E-state index contributed by atoms with van der Waals surface area (Å²) in [5, 5.41) is 14.0. The van der Waals surface area contributed by atoms with E-state index in [0.717, 1.165) is 40.8 Å². The number of hydrogen-bond acceptors (Lipinski definition) is 7. The third-order valence-corrected chi connectivity index (χ3v) is 5.53. The molecule has 3 aromatic heterocycles. The number of nitriles is 1. The predicted molar refractivity (Wildman–Crippen MR) is 137 cm³/mol. The molecule has 0 aliphatic rings. The molecule has 0 aliphatic heterocycles. The topological polar surface area (TPSA) is 107 Å². The van der Waals surface area contributed by atoms with Crippen molar-refractivity contribution in [2.24, 2.45) is 5.92 Å². The Labute approximate surface area is 210 Å². The van der Waals surface area contributed by atoms with Crippen molar-refractivity contribution < 1.29 is 9.53 Å². The number of hydrogen-bond donors (Lipinski definition) is 0. The van der Waals surface area contributed by atoms with Crippen molar-refractivity contribution in [3.05, 3.63) is 66.2 Å². The fraction of sp³-hybridized carbons (Fsp3) is 0.286. The lowest BCUT2D eigenvalue weighted by Crippen LogP contribution is -2.02. The van der Waals surface area contributed by atoms with Crippen LogP contribution in [0.1, 0.15) is 38.4 Å². The molecule has 36 heavy (non-hydrogen) atoms. The van der Waals surface area contributed by atoms with Gasteiger partial charge in [0.2, 0.25) is 0 Å². The van der Waals surface area contributed by atoms with Crippen LogP contribution in [0.15, 0.2) is 55.0 Å². The van der Waals surface area contributed by atoms with Crippen molar-refractivity contribution in [1.82, 2.24) is 24.7 Å². The second-order valence-electron chi connectivity index (χ2n) is 9.12. The third kappa shape index (κ3) is 5.99. The van der Waals surface area contributed by atoms with E-state index >= 15 is 0 Å². The summed E-state index contributed by atoms with van der Waals surface area (Å²) in [6, 6.07) is 13.5. The van der Waals surface area contributed by atoms with Crippen LogP contribution >= 0.6 is 0 Å². The molecule has 0 bridgehead atoms. The van der Waals surface area contributed by atoms with E-state index in [1.54, 1.807) is 29.2 Å². The van der Waals surface area contributed by atoms with Gasteiger partial charge in [0.15, 0.2) is 5.82 Å². The number of aryl methyl sites for hydroxylation is 2. The average molecular weight is 481 g/mol. The molecule has 0 unspecified atom stereocenters. The lowest BCUT2D eigenvalue weighted by atomic mass is 10.0. The summed E-state index contributed by atoms with van der Waals surface area (Å²) in [6.07, 6.45) is 7.09. The van der Waals surface area contributed by atoms with E-state index < -0.39 is 5.97 Å². The number of carbonyl (C=O) groups excluding carboxylic acids is 1. The molecule has 1 aromatic carbocycles. The molecule has 4 rings (SSSR count). The van der Waals surface area contributed by atoms with E-state index in [-0.39, 0.29) is 6.54 Å². The minimum atomic E-state index is -0.395. The standard InChI is InChI=1S/C28H28N6O2/c1-18(2)7-8-23-15-26(32-28(31-23)21-6-5-10-30-16-21)25-17-34(11-9-29)33-27(25)22-12-19(3)13-24(14-22)36-20(4)35/h5-6,10,12-18H,7-8,11H2,1-4H3. The summed E-state index contributed by atoms with van der Waals surface area (Å²) in [6.45, 7) is 7.77. The van der Waals surface area contributed by atoms with E-state index in [1.165, 1.54) is 6.92 Å². The molecular weight excluding hydrogens is 452 g/mol. The monoisotopic (exact) mass is 480 g/mol. The molecule has 0 fully saturated rings. The van der Waals surface area contributed by atoms with Gasteiger partial charge in [-0.2, -0.15) is 10.4 Å². The van der Waals surface area contributed by atoms with Crippen LogP contribution in [0.5, 0.6) is 5.75 Å². The van der Waals surface area contributed by atoms with E-state index in [9.17, 15) is 10.1 Å². The van der Waals surface area contributed by atoms with Crippen molar-refractivity contribution in [3.8, 4) is 45.7 Å². The Bertz CT molecular complexity index is 1420. The highest BCUT2D eigenvalue weighted by atomic mass is 16.5. The fourth-order valence-corrected chi connectivity index (χ4v) is 3.91. The number of nitrogens with zero attached hydrogens (tertiary/aromatic N) is 6. The summed E-state index contributed by atoms with van der Waals surface area (Å²) >= 11 is 0. The number of esters is 1. The molecule has 0 atom stereocenters. The minimum absolute atomic E-state index is 0.0936. The molecule has 0 spiro atoms. The van der Waals surface area contributed by atoms with Gasteiger partial charge in [-0.1, -0.05) is 13.8 Å². The van der Waals surface area contributed by atoms with E-state index in [4.69, 9.17) is 19.8 Å². The van der Waals surface area contributed by atoms with Crippen LogP contribution < -0.4 is 4.74 Å². The van der Waals surface area contributed by atoms with Crippen LogP contribution in [-0.2, 0) is 17.8 Å². The van der Waals surface area contributed by atoms with Gasteiger partial charge in [-0.05, 0) is 67.6 Å². The second kappa shape index (κ2) is 10.9. The molecule has 4 aromatic rings. The number of ether oxygens (including phenoxy) is 1. The van der Waals surface area contributed by atoms with Gasteiger partial charge in [-0.15, -0.1) is 0 Å². The van der Waals surface area contributed by atoms with Crippen LogP contribution in [0.2, 0.25) is 0 Å². The van der Waals surface area contributed by atoms with Gasteiger partial charge < -0.3 is 4.74 Å². The highest BCUT2D eigenvalue weighted by Crippen LogP contribution is 2.34. The fourth-order valence-electron chi connectivity index (χ4n) is 3.91. The van der Waals surface area contributed by atoms with Crippen LogP contribution in [0.25, 0.3) is 33.9 Å². The molecule has 0 aliphatic carbocycles. The predicted octanol–water partition coefficient (Wildman–Crippen LogP) is 5.42. The lowest BCUT2D eigenvalue weighted by molar-refractivity contribution is -0.131. The van der Waals surface area contributed by atoms with Crippen LogP contribution in [0.3, 0.4) is 0 Å². The first-order valence-electron chi connectivity index (χ1n) is 11.9. The van der Waals surface area contributed by atoms with Gasteiger partial charge >= 0.3 is 5.97 Å². The lowest BCUT2D eigenvalue weighted by Gasteiger charge is -2.11. The maximum absolute atomic E-state index is 11.6. The molecule has 8 nitrogen and oxygen atoms in total. The normalized spacial score (nSPS) is 10.9. The molecule has 0 saturated carbocycles. The Morgan fingerprint density at radius 2 is 2.00 bits per heavy atom. The van der Waals surface area contributed by atoms with Crippen LogP contribution in [0, 0.1) is 24.2 Å². The van der Waals surface area contributed by atoms with E-state index in [1.807, 2.05) is 37.4 Å². The highest BCUT2D eigenvalue weighted by Gasteiger charge is 2.18. The maximum atomic E-state index is 11.6. The minimum Gasteiger partial charge on any atom is -0.427 e. The Morgan fingerprint density at radius 1 is 1.17 bits per heavy atom. The summed E-state index contributed by atoms with van der Waals surface area (Å²) in [4.78, 5) is 25.5. The Kier molecular flexibility index (Phi) is 7.50. The summed E-state index contributed by atoms with van der Waals surface area (Å²) in [7, 11) is 0. The maximum Gasteiger partial charge on any atom is 0.308 e. The first kappa shape index (κ1) is 24.7. The highest BCUT2D eigenvalue weighted by molar-refractivity contribution is 5.81. The van der Waals surface area contributed by atoms with Crippen molar-refractivity contribution in [1.29, 1.82) is 5.26 Å². The average Bonchev–Trinajstić information content (AvgIpc) is 3.27. The van der Waals surface area contributed by atoms with Gasteiger partial charge in [0.25, 0.3) is 0 Å². The van der Waals surface area contributed by atoms with Gasteiger partial charge in [-0.25, -0.2) is 9.97 Å². The smallest absolute Gasteiger partial charge is 0.308 e. The van der Waals surface area contributed by atoms with Crippen molar-refractivity contribution in [2.45, 2.75) is 47.1 Å². The third-order valence-electron chi connectivity index (χ3n) is 5.53. The molecule has 0 amide bonds. The second-order valence-corrected chi connectivity index (χ2v) is 9.12. The Hall–Kier alpha value is -4.38. The number of pyridine rings is 1. The number of aromatic nitrogens is 5. The molecule has 8 heteroatoms. The van der Waals surface area contributed by atoms with Crippen molar-refractivity contribution in [3.63, 3.8) is 0 Å². The zero-order valence-corrected chi connectivity index (χ0v) is 20.9. The number of rotatable bonds is 8. The van der Waals surface area contributed by atoms with Gasteiger partial charge in [-0.3, -0.25) is 14.5 Å². The molecular formula is C28H28N6O2. The SMILES string of the molecule is CC(=O)Oc1cc(C)cc(-c2nn(CC#N)cc2-c2cc(CCC(C)C)nc(-c3cccnc3)n2)c1. The molecule has 0 radical (unpaired) electrons. The van der Waals surface area contributed by atoms with Gasteiger partial charge in [0, 0.05) is 47.9 Å². The van der Waals surface area contributed by atoms with E-state index in [0.29, 0.717) is 28.9 Å². The van der Waals surface area contributed by atoms with Crippen molar-refractivity contribution in [2.75, 3.05) is 0 Å². The Morgan fingerprint density at radius 3 is 2.69 bits per heavy atom. The summed E-state index contributed by atoms with van der Waals surface area (Å²) in [5.74, 6) is 1.16. The van der Waals surface area contributed by atoms with Crippen LogP contribution in [-0.4, -0.2) is 30.7 Å².